The van der Waals surface area contributed by atoms with Crippen molar-refractivity contribution in [1.82, 2.24) is 0 Å². The number of fused-ring (bicyclic) bond motifs is 5. The maximum atomic E-state index is 10.1. The van der Waals surface area contributed by atoms with E-state index in [4.69, 9.17) is 5.11 Å². The van der Waals surface area contributed by atoms with Gasteiger partial charge in [0.05, 0.1) is 0 Å². The maximum absolute atomic E-state index is 10.1. The lowest BCUT2D eigenvalue weighted by Gasteiger charge is -2.49. The number of aryl methyl sites for hydroxylation is 5. The van der Waals surface area contributed by atoms with Crippen LogP contribution in [-0.2, 0) is 32.5 Å². The van der Waals surface area contributed by atoms with Crippen molar-refractivity contribution < 1.29 is 25.5 Å². The van der Waals surface area contributed by atoms with Crippen molar-refractivity contribution in [3.05, 3.63) is 326 Å². The smallest absolute Gasteiger partial charge is 0.115 e. The van der Waals surface area contributed by atoms with Crippen molar-refractivity contribution in [2.45, 2.75) is 298 Å². The predicted molar refractivity (Wildman–Crippen MR) is 499 cm³/mol. The van der Waals surface area contributed by atoms with Crippen molar-refractivity contribution in [3.63, 3.8) is 0 Å². The molecule has 7 aliphatic rings. The standard InChI is InChI=1S/C23H22O2.C22H26O.C21H20O.C10H16.C8H10.C7H8O.9C2H6/c1-22(2)15-23(16-7-11-18(24)12-8-16,17-9-13-19(25)14-10-17)21-6-4-3-5-20(21)22;1-14-6-8-16-18(10-14)22(12-20(16,2)3)13-21(4,5)17-9-7-15(23)11-19(17)22;1-16-8-10-18(11-9-16)21(2,17-6-4-3-5-7-17)19-12-14-20(22)15-13-19;1-7-2-9-4-8(1)5-10(3-7)6-9;1-7-3-5-8(2)6-4-7;1-6-2-4-7(8)5-3-6;9*1-2/h3-14,24-25H,15H2,1-2H3;6-11,23H,12-13H2,1-5H3;3-15,22H,1-2H3;7-10H,1-6H2;3-6H,1-2H3;2-5,8H,1H3;9*1-2H3. The molecule has 5 nitrogen and oxygen atoms in total. The van der Waals surface area contributed by atoms with Gasteiger partial charge in [-0.05, 0) is 261 Å². The second-order valence-corrected chi connectivity index (χ2v) is 31.4. The summed E-state index contributed by atoms with van der Waals surface area (Å²) in [5, 5.41) is 48.0. The first-order chi connectivity index (χ1) is 54.7. The molecule has 0 amide bonds. The van der Waals surface area contributed by atoms with Gasteiger partial charge in [-0.2, -0.15) is 0 Å². The highest BCUT2D eigenvalue weighted by atomic mass is 16.3. The number of aromatic hydroxyl groups is 5. The van der Waals surface area contributed by atoms with Crippen molar-refractivity contribution in [3.8, 4) is 28.7 Å². The molecular weight excluding hydrogens is 1390 g/mol. The summed E-state index contributed by atoms with van der Waals surface area (Å²) in [7, 11) is 0. The predicted octanol–water partition coefficient (Wildman–Crippen LogP) is 31.6. The molecule has 10 aromatic carbocycles. The van der Waals surface area contributed by atoms with E-state index < -0.39 is 0 Å². The molecule has 622 valence electrons. The van der Waals surface area contributed by atoms with Crippen LogP contribution >= 0.6 is 0 Å². The van der Waals surface area contributed by atoms with Crippen molar-refractivity contribution in [2.75, 3.05) is 0 Å². The third-order valence-corrected chi connectivity index (χ3v) is 22.4. The molecule has 0 aromatic heterocycles. The second kappa shape index (κ2) is 49.2. The van der Waals surface area contributed by atoms with Gasteiger partial charge in [0.1, 0.15) is 28.7 Å². The fourth-order valence-corrected chi connectivity index (χ4v) is 18.0. The summed E-state index contributed by atoms with van der Waals surface area (Å²) in [4.78, 5) is 0. The fourth-order valence-electron chi connectivity index (χ4n) is 18.0. The third-order valence-electron chi connectivity index (χ3n) is 22.4. The molecule has 7 aliphatic carbocycles. The minimum absolute atomic E-state index is 0.0341. The Hall–Kier alpha value is -8.80. The lowest BCUT2D eigenvalue weighted by atomic mass is 9.56. The Kier molecular flexibility index (Phi) is 43.7. The van der Waals surface area contributed by atoms with E-state index in [-0.39, 0.29) is 44.0 Å². The van der Waals surface area contributed by atoms with Crippen LogP contribution in [0.4, 0.5) is 0 Å². The van der Waals surface area contributed by atoms with Gasteiger partial charge < -0.3 is 25.5 Å². The summed E-state index contributed by atoms with van der Waals surface area (Å²) in [6, 6.07) is 78.9. The number of rotatable bonds is 5. The lowest BCUT2D eigenvalue weighted by Crippen LogP contribution is -2.38. The Labute approximate surface area is 697 Å². The molecule has 4 bridgehead atoms. The molecule has 0 aliphatic heterocycles. The van der Waals surface area contributed by atoms with E-state index in [2.05, 4.69) is 197 Å². The molecule has 17 rings (SSSR count). The molecule has 4 saturated carbocycles. The Morgan fingerprint density at radius 1 is 0.246 bits per heavy atom. The summed E-state index contributed by atoms with van der Waals surface area (Å²) >= 11 is 0. The molecule has 1 spiro atoms. The largest absolute Gasteiger partial charge is 0.508 e. The normalized spacial score (nSPS) is 18.5. The Morgan fingerprint density at radius 2 is 0.491 bits per heavy atom. The van der Waals surface area contributed by atoms with Crippen LogP contribution in [0.3, 0.4) is 0 Å². The highest BCUT2D eigenvalue weighted by Gasteiger charge is 2.56. The highest BCUT2D eigenvalue weighted by molar-refractivity contribution is 5.63. The average Bonchev–Trinajstić information content (AvgIpc) is 1.54. The minimum Gasteiger partial charge on any atom is -0.508 e. The number of benzene rings is 10. The zero-order chi connectivity index (χ0) is 86.4. The van der Waals surface area contributed by atoms with Crippen LogP contribution in [0.2, 0.25) is 0 Å². The third kappa shape index (κ3) is 25.9. The van der Waals surface area contributed by atoms with Crippen molar-refractivity contribution in [2.24, 2.45) is 23.7 Å². The zero-order valence-electron chi connectivity index (χ0n) is 76.9. The van der Waals surface area contributed by atoms with E-state index in [9.17, 15) is 20.4 Å². The molecular formula is C109H156O5. The molecule has 4 fully saturated rings. The quantitative estimate of drug-likeness (QED) is 0.111. The van der Waals surface area contributed by atoms with Gasteiger partial charge in [-0.15, -0.1) is 0 Å². The van der Waals surface area contributed by atoms with Gasteiger partial charge in [-0.25, -0.2) is 0 Å². The van der Waals surface area contributed by atoms with Crippen LogP contribution in [0, 0.1) is 58.3 Å². The van der Waals surface area contributed by atoms with Crippen LogP contribution in [0.15, 0.2) is 237 Å². The zero-order valence-corrected chi connectivity index (χ0v) is 76.9. The molecule has 5 N–H and O–H groups in total. The van der Waals surface area contributed by atoms with Crippen LogP contribution in [0.25, 0.3) is 0 Å². The average molecular weight is 1550 g/mol. The molecule has 0 radical (unpaired) electrons. The second-order valence-electron chi connectivity index (χ2n) is 31.4. The first kappa shape index (κ1) is 101. The molecule has 2 unspecified atom stereocenters. The van der Waals surface area contributed by atoms with E-state index in [1.807, 2.05) is 198 Å². The van der Waals surface area contributed by atoms with Gasteiger partial charge in [0.25, 0.3) is 0 Å². The Bertz CT molecular complexity index is 3930. The van der Waals surface area contributed by atoms with Gasteiger partial charge in [-0.1, -0.05) is 370 Å². The van der Waals surface area contributed by atoms with E-state index in [1.165, 1.54) is 102 Å². The topological polar surface area (TPSA) is 101 Å². The minimum atomic E-state index is -0.290. The maximum Gasteiger partial charge on any atom is 0.115 e. The SMILES string of the molecule is C1C2CC3CC1CC(C2)C3.CC.CC.CC.CC.CC.CC.CC.CC.CC.CC1(C)CC(c2ccc(O)cc2)(c2ccc(O)cc2)c2ccccc21.Cc1ccc(C(C)(c2ccccc2)c2ccc(O)cc2)cc1.Cc1ccc(C)cc1.Cc1ccc(O)cc1.Cc1ccc2c(c1)C1(CC2(C)C)CC(C)(C)c2ccc(O)cc21. The van der Waals surface area contributed by atoms with Crippen molar-refractivity contribution >= 4 is 0 Å². The summed E-state index contributed by atoms with van der Waals surface area (Å²) in [6.45, 7) is 62.7. The Balaban J connectivity index is 0.000000463. The molecule has 114 heavy (non-hydrogen) atoms. The lowest BCUT2D eigenvalue weighted by molar-refractivity contribution is 0.0198. The van der Waals surface area contributed by atoms with Crippen LogP contribution < -0.4 is 0 Å². The fraction of sp³-hybridized carbons (Fsp3) is 0.450. The van der Waals surface area contributed by atoms with Gasteiger partial charge in [0, 0.05) is 16.2 Å². The van der Waals surface area contributed by atoms with E-state index in [1.54, 1.807) is 87.1 Å². The highest BCUT2D eigenvalue weighted by Crippen LogP contribution is 2.63. The van der Waals surface area contributed by atoms with E-state index in [0.29, 0.717) is 17.2 Å². The van der Waals surface area contributed by atoms with Crippen LogP contribution in [-0.4, -0.2) is 25.5 Å². The summed E-state index contributed by atoms with van der Waals surface area (Å²) < 4.78 is 0. The summed E-state index contributed by atoms with van der Waals surface area (Å²) in [5.74, 6) is 6.27. The molecule has 2 atom stereocenters. The van der Waals surface area contributed by atoms with E-state index >= 15 is 0 Å². The molecule has 0 saturated heterocycles. The van der Waals surface area contributed by atoms with Crippen LogP contribution in [0.5, 0.6) is 28.7 Å². The molecule has 5 heteroatoms. The van der Waals surface area contributed by atoms with Crippen LogP contribution in [0.1, 0.15) is 320 Å². The van der Waals surface area contributed by atoms with Gasteiger partial charge in [-0.3, -0.25) is 0 Å². The van der Waals surface area contributed by atoms with Gasteiger partial charge in [0.15, 0.2) is 0 Å². The van der Waals surface area contributed by atoms with Gasteiger partial charge >= 0.3 is 0 Å². The number of phenols is 5. The first-order valence-corrected chi connectivity index (χ1v) is 44.0. The number of phenolic OH excluding ortho intramolecular Hbond substituents is 5. The van der Waals surface area contributed by atoms with Crippen molar-refractivity contribution in [1.29, 1.82) is 0 Å². The molecule has 10 aromatic rings. The Morgan fingerprint density at radius 3 is 0.851 bits per heavy atom. The first-order valence-electron chi connectivity index (χ1n) is 44.0. The number of hydrogen-bond acceptors (Lipinski definition) is 5. The monoisotopic (exact) mass is 1550 g/mol. The summed E-state index contributed by atoms with van der Waals surface area (Å²) in [6.07, 6.45) is 12.8. The van der Waals surface area contributed by atoms with Gasteiger partial charge in [0.2, 0.25) is 0 Å². The molecule has 0 heterocycles. The van der Waals surface area contributed by atoms with E-state index in [0.717, 1.165) is 30.4 Å². The summed E-state index contributed by atoms with van der Waals surface area (Å²) in [5.41, 5.74) is 20.6. The number of hydrogen-bond donors (Lipinski definition) is 5.